The van der Waals surface area contributed by atoms with Gasteiger partial charge in [-0.1, -0.05) is 64.7 Å². The second-order valence-corrected chi connectivity index (χ2v) is 4.08. The number of hydrogen-bond acceptors (Lipinski definition) is 1. The van der Waals surface area contributed by atoms with Crippen LogP contribution in [0.1, 0.15) is 71.1 Å². The van der Waals surface area contributed by atoms with Gasteiger partial charge >= 0.3 is 5.91 Å². The molecule has 0 aliphatic heterocycles. The first kappa shape index (κ1) is 14.2. The van der Waals surface area contributed by atoms with Gasteiger partial charge in [0.05, 0.1) is 6.57 Å². The van der Waals surface area contributed by atoms with E-state index in [-0.39, 0.29) is 5.91 Å². The number of carbonyl (C=O) groups excluding carboxylic acids is 1. The molecule has 0 unspecified atom stereocenters. The molecule has 0 N–H and O–H groups in total. The molecule has 0 atom stereocenters. The van der Waals surface area contributed by atoms with E-state index in [4.69, 9.17) is 6.57 Å². The molecule has 0 saturated heterocycles. The quantitative estimate of drug-likeness (QED) is 0.387. The molecule has 0 aromatic rings. The van der Waals surface area contributed by atoms with Gasteiger partial charge in [0, 0.05) is 6.42 Å². The zero-order valence-electron chi connectivity index (χ0n) is 9.93. The van der Waals surface area contributed by atoms with Gasteiger partial charge in [-0.2, -0.15) is 4.85 Å². The van der Waals surface area contributed by atoms with Crippen LogP contribution in [0.15, 0.2) is 0 Å². The molecule has 0 fully saturated rings. The summed E-state index contributed by atoms with van der Waals surface area (Å²) in [6.45, 7) is 8.73. The number of unbranched alkanes of at least 4 members (excludes halogenated alkanes) is 8. The second kappa shape index (κ2) is 11.2. The third-order valence-corrected chi connectivity index (χ3v) is 2.62. The average Bonchev–Trinajstić information content (AvgIpc) is 2.26. The largest absolute Gasteiger partial charge is 0.355 e. The third-order valence-electron chi connectivity index (χ3n) is 2.62. The number of hydrogen-bond donors (Lipinski definition) is 0. The lowest BCUT2D eigenvalue weighted by Crippen LogP contribution is -1.89. The highest BCUT2D eigenvalue weighted by molar-refractivity contribution is 5.85. The van der Waals surface area contributed by atoms with E-state index in [9.17, 15) is 4.79 Å². The standard InChI is InChI=1S/C13H23NO/c1-3-4-5-6-7-8-9-10-11-12-13(15)14-2/h3-12H2,1H3. The summed E-state index contributed by atoms with van der Waals surface area (Å²) in [6.07, 6.45) is 11.7. The van der Waals surface area contributed by atoms with Gasteiger partial charge in [-0.05, 0) is 0 Å². The van der Waals surface area contributed by atoms with Crippen molar-refractivity contribution in [3.8, 4) is 0 Å². The molecule has 0 radical (unpaired) electrons. The smallest absolute Gasteiger partial charge is 0.315 e. The molecule has 0 aromatic heterocycles. The molecular formula is C13H23NO. The van der Waals surface area contributed by atoms with Gasteiger partial charge in [-0.15, -0.1) is 0 Å². The monoisotopic (exact) mass is 209 g/mol. The molecule has 86 valence electrons. The van der Waals surface area contributed by atoms with E-state index < -0.39 is 0 Å². The fourth-order valence-electron chi connectivity index (χ4n) is 1.64. The number of nitrogens with zero attached hydrogens (tertiary/aromatic N) is 1. The highest BCUT2D eigenvalue weighted by Crippen LogP contribution is 2.10. The van der Waals surface area contributed by atoms with Crippen LogP contribution in [0.3, 0.4) is 0 Å². The number of rotatable bonds is 10. The minimum absolute atomic E-state index is 0.280. The van der Waals surface area contributed by atoms with Gasteiger partial charge in [-0.3, -0.25) is 0 Å². The van der Waals surface area contributed by atoms with Crippen molar-refractivity contribution in [2.75, 3.05) is 0 Å². The summed E-state index contributed by atoms with van der Waals surface area (Å²) in [5.41, 5.74) is 0. The fourth-order valence-corrected chi connectivity index (χ4v) is 1.64. The molecule has 0 spiro atoms. The third kappa shape index (κ3) is 11.1. The molecule has 2 heteroatoms. The minimum atomic E-state index is -0.280. The van der Waals surface area contributed by atoms with E-state index in [1.807, 2.05) is 0 Å². The Morgan fingerprint density at radius 3 is 1.87 bits per heavy atom. The zero-order chi connectivity index (χ0) is 11.4. The molecule has 0 aliphatic rings. The van der Waals surface area contributed by atoms with Crippen molar-refractivity contribution in [1.82, 2.24) is 0 Å². The van der Waals surface area contributed by atoms with Crippen molar-refractivity contribution < 1.29 is 4.79 Å². The SMILES string of the molecule is [C-]#[N+]C(=O)CCCCCCCCCCC. The molecule has 0 saturated carbocycles. The first-order valence-corrected chi connectivity index (χ1v) is 6.21. The first-order chi connectivity index (χ1) is 7.31. The first-order valence-electron chi connectivity index (χ1n) is 6.21. The maximum absolute atomic E-state index is 10.7. The maximum atomic E-state index is 10.7. The van der Waals surface area contributed by atoms with Crippen LogP contribution in [0, 0.1) is 6.57 Å². The van der Waals surface area contributed by atoms with Crippen molar-refractivity contribution in [3.63, 3.8) is 0 Å². The molecule has 0 aliphatic carbocycles. The van der Waals surface area contributed by atoms with Crippen LogP contribution in [-0.4, -0.2) is 5.91 Å². The molecular weight excluding hydrogens is 186 g/mol. The van der Waals surface area contributed by atoms with Crippen LogP contribution in [-0.2, 0) is 4.79 Å². The van der Waals surface area contributed by atoms with Gasteiger partial charge in [-0.25, -0.2) is 0 Å². The lowest BCUT2D eigenvalue weighted by molar-refractivity contribution is -0.114. The summed E-state index contributed by atoms with van der Waals surface area (Å²) in [7, 11) is 0. The van der Waals surface area contributed by atoms with Gasteiger partial charge in [0.1, 0.15) is 0 Å². The van der Waals surface area contributed by atoms with Crippen molar-refractivity contribution in [2.24, 2.45) is 0 Å². The summed E-state index contributed by atoms with van der Waals surface area (Å²) in [5, 5.41) is 0. The molecule has 0 bridgehead atoms. The van der Waals surface area contributed by atoms with E-state index >= 15 is 0 Å². The van der Waals surface area contributed by atoms with E-state index in [1.54, 1.807) is 0 Å². The summed E-state index contributed by atoms with van der Waals surface area (Å²) in [6, 6.07) is 0. The lowest BCUT2D eigenvalue weighted by atomic mass is 10.1. The number of amides is 1. The second-order valence-electron chi connectivity index (χ2n) is 4.08. The Bertz CT molecular complexity index is 193. The summed E-state index contributed by atoms with van der Waals surface area (Å²) in [5.74, 6) is -0.280. The van der Waals surface area contributed by atoms with Crippen molar-refractivity contribution in [1.29, 1.82) is 0 Å². The van der Waals surface area contributed by atoms with E-state index in [0.29, 0.717) is 6.42 Å². The predicted molar refractivity (Wildman–Crippen MR) is 63.5 cm³/mol. The Kier molecular flexibility index (Phi) is 10.6. The Morgan fingerprint density at radius 1 is 0.933 bits per heavy atom. The van der Waals surface area contributed by atoms with Gasteiger partial charge in [0.2, 0.25) is 0 Å². The van der Waals surface area contributed by atoms with E-state index in [0.717, 1.165) is 12.8 Å². The highest BCUT2D eigenvalue weighted by Gasteiger charge is 1.98. The molecule has 15 heavy (non-hydrogen) atoms. The van der Waals surface area contributed by atoms with Gasteiger partial charge < -0.3 is 4.79 Å². The molecule has 2 nitrogen and oxygen atoms in total. The average molecular weight is 209 g/mol. The Hall–Kier alpha value is -0.840. The molecule has 0 rings (SSSR count). The summed E-state index contributed by atoms with van der Waals surface area (Å²) >= 11 is 0. The minimum Gasteiger partial charge on any atom is -0.315 e. The Labute approximate surface area is 93.9 Å². The highest BCUT2D eigenvalue weighted by atomic mass is 16.1. The van der Waals surface area contributed by atoms with Gasteiger partial charge in [0.25, 0.3) is 0 Å². The van der Waals surface area contributed by atoms with Crippen LogP contribution < -0.4 is 0 Å². The van der Waals surface area contributed by atoms with Crippen LogP contribution in [0.5, 0.6) is 0 Å². The molecule has 0 aromatic carbocycles. The maximum Gasteiger partial charge on any atom is 0.355 e. The predicted octanol–water partition coefficient (Wildman–Crippen LogP) is 4.35. The van der Waals surface area contributed by atoms with Crippen molar-refractivity contribution >= 4 is 5.91 Å². The molecule has 1 amide bonds. The van der Waals surface area contributed by atoms with Crippen LogP contribution in [0.4, 0.5) is 0 Å². The van der Waals surface area contributed by atoms with Crippen molar-refractivity contribution in [3.05, 3.63) is 11.4 Å². The van der Waals surface area contributed by atoms with E-state index in [1.165, 1.54) is 44.9 Å². The normalized spacial score (nSPS) is 9.87. The van der Waals surface area contributed by atoms with Crippen LogP contribution in [0.2, 0.25) is 0 Å². The fraction of sp³-hybridized carbons (Fsp3) is 0.846. The molecule has 0 heterocycles. The lowest BCUT2D eigenvalue weighted by Gasteiger charge is -2.00. The summed E-state index contributed by atoms with van der Waals surface area (Å²) < 4.78 is 0. The summed E-state index contributed by atoms with van der Waals surface area (Å²) in [4.78, 5) is 13.5. The van der Waals surface area contributed by atoms with Crippen LogP contribution in [0.25, 0.3) is 4.85 Å². The van der Waals surface area contributed by atoms with Crippen molar-refractivity contribution in [2.45, 2.75) is 71.1 Å². The number of carbonyl (C=O) groups is 1. The Balaban J connectivity index is 2.99. The van der Waals surface area contributed by atoms with Gasteiger partial charge in [0.15, 0.2) is 0 Å². The van der Waals surface area contributed by atoms with Crippen LogP contribution >= 0.6 is 0 Å². The topological polar surface area (TPSA) is 21.4 Å². The Morgan fingerprint density at radius 2 is 1.40 bits per heavy atom. The zero-order valence-corrected chi connectivity index (χ0v) is 9.93. The van der Waals surface area contributed by atoms with E-state index in [2.05, 4.69) is 11.8 Å².